The molecule has 1 amide bonds. The summed E-state index contributed by atoms with van der Waals surface area (Å²) in [7, 11) is 0. The van der Waals surface area contributed by atoms with Gasteiger partial charge in [-0.25, -0.2) is 0 Å². The van der Waals surface area contributed by atoms with E-state index in [1.54, 1.807) is 0 Å². The highest BCUT2D eigenvalue weighted by atomic mass is 16.1. The van der Waals surface area contributed by atoms with Crippen LogP contribution in [0, 0.1) is 5.92 Å². The predicted octanol–water partition coefficient (Wildman–Crippen LogP) is 5.33. The van der Waals surface area contributed by atoms with Crippen LogP contribution in [0.3, 0.4) is 0 Å². The zero-order chi connectivity index (χ0) is 19.9. The van der Waals surface area contributed by atoms with Gasteiger partial charge in [-0.1, -0.05) is 70.8 Å². The van der Waals surface area contributed by atoms with Crippen LogP contribution in [0.2, 0.25) is 0 Å². The number of pyridine rings is 1. The lowest BCUT2D eigenvalue weighted by molar-refractivity contribution is -0.126. The van der Waals surface area contributed by atoms with E-state index in [4.69, 9.17) is 0 Å². The summed E-state index contributed by atoms with van der Waals surface area (Å²) in [6.45, 7) is 5.96. The first kappa shape index (κ1) is 22.9. The molecule has 28 heavy (non-hydrogen) atoms. The van der Waals surface area contributed by atoms with Crippen molar-refractivity contribution >= 4 is 5.91 Å². The molecule has 1 aliphatic rings. The summed E-state index contributed by atoms with van der Waals surface area (Å²) in [6, 6.07) is 4.10. The van der Waals surface area contributed by atoms with Crippen molar-refractivity contribution in [1.29, 1.82) is 0 Å². The lowest BCUT2D eigenvalue weighted by Gasteiger charge is -2.32. The molecule has 4 heteroatoms. The molecule has 1 atom stereocenters. The van der Waals surface area contributed by atoms with Gasteiger partial charge in [-0.15, -0.1) is 0 Å². The Balaban J connectivity index is 1.49. The Morgan fingerprint density at radius 2 is 1.82 bits per heavy atom. The Morgan fingerprint density at radius 1 is 1.11 bits per heavy atom. The normalized spacial score (nSPS) is 17.5. The van der Waals surface area contributed by atoms with Gasteiger partial charge < -0.3 is 5.32 Å². The van der Waals surface area contributed by atoms with Gasteiger partial charge in [0.1, 0.15) is 0 Å². The molecule has 0 aromatic carbocycles. The molecular formula is C24H41N3O. The quantitative estimate of drug-likeness (QED) is 0.439. The third kappa shape index (κ3) is 9.68. The van der Waals surface area contributed by atoms with Crippen molar-refractivity contribution in [3.63, 3.8) is 0 Å². The van der Waals surface area contributed by atoms with Crippen LogP contribution in [-0.4, -0.2) is 35.4 Å². The van der Waals surface area contributed by atoms with Gasteiger partial charge in [0.15, 0.2) is 0 Å². The second-order valence-corrected chi connectivity index (χ2v) is 8.41. The van der Waals surface area contributed by atoms with E-state index in [1.807, 2.05) is 18.5 Å². The highest BCUT2D eigenvalue weighted by Crippen LogP contribution is 2.18. The SMILES string of the molecule is CCCCCCCCCCCCNC(=O)C1CCCN(Cc2cccnc2)C1. The fourth-order valence-electron chi connectivity index (χ4n) is 4.13. The van der Waals surface area contributed by atoms with E-state index in [0.29, 0.717) is 0 Å². The summed E-state index contributed by atoms with van der Waals surface area (Å²) in [5, 5.41) is 3.18. The molecule has 1 aromatic heterocycles. The van der Waals surface area contributed by atoms with Crippen LogP contribution < -0.4 is 5.32 Å². The van der Waals surface area contributed by atoms with Crippen molar-refractivity contribution < 1.29 is 4.79 Å². The number of rotatable bonds is 14. The number of piperidine rings is 1. The molecule has 1 unspecified atom stereocenters. The highest BCUT2D eigenvalue weighted by molar-refractivity contribution is 5.78. The molecular weight excluding hydrogens is 346 g/mol. The Kier molecular flexibility index (Phi) is 11.9. The first-order valence-corrected chi connectivity index (χ1v) is 11.7. The first-order valence-electron chi connectivity index (χ1n) is 11.7. The van der Waals surface area contributed by atoms with Gasteiger partial charge >= 0.3 is 0 Å². The minimum atomic E-state index is 0.147. The largest absolute Gasteiger partial charge is 0.356 e. The average Bonchev–Trinajstić information content (AvgIpc) is 2.73. The van der Waals surface area contributed by atoms with Gasteiger partial charge in [-0.3, -0.25) is 14.7 Å². The summed E-state index contributed by atoms with van der Waals surface area (Å²) in [6.07, 6.45) is 19.2. The zero-order valence-corrected chi connectivity index (χ0v) is 18.0. The first-order chi connectivity index (χ1) is 13.8. The molecule has 1 saturated heterocycles. The van der Waals surface area contributed by atoms with Crippen LogP contribution in [0.5, 0.6) is 0 Å². The molecule has 158 valence electrons. The number of likely N-dealkylation sites (tertiary alicyclic amines) is 1. The Morgan fingerprint density at radius 3 is 2.50 bits per heavy atom. The fraction of sp³-hybridized carbons (Fsp3) is 0.750. The maximum Gasteiger partial charge on any atom is 0.224 e. The van der Waals surface area contributed by atoms with Crippen molar-refractivity contribution in [2.45, 2.75) is 90.5 Å². The van der Waals surface area contributed by atoms with Gasteiger partial charge in [-0.2, -0.15) is 0 Å². The monoisotopic (exact) mass is 387 g/mol. The number of hydrogen-bond acceptors (Lipinski definition) is 3. The smallest absolute Gasteiger partial charge is 0.224 e. The lowest BCUT2D eigenvalue weighted by atomic mass is 9.96. The van der Waals surface area contributed by atoms with Gasteiger partial charge in [0.25, 0.3) is 0 Å². The molecule has 1 aliphatic heterocycles. The van der Waals surface area contributed by atoms with Crippen LogP contribution in [0.4, 0.5) is 0 Å². The van der Waals surface area contributed by atoms with Crippen LogP contribution >= 0.6 is 0 Å². The molecule has 1 fully saturated rings. The van der Waals surface area contributed by atoms with Crippen LogP contribution in [0.15, 0.2) is 24.5 Å². The molecule has 2 rings (SSSR count). The maximum absolute atomic E-state index is 12.5. The van der Waals surface area contributed by atoms with Crippen molar-refractivity contribution in [3.8, 4) is 0 Å². The summed E-state index contributed by atoms with van der Waals surface area (Å²) < 4.78 is 0. The number of unbranched alkanes of at least 4 members (excludes halogenated alkanes) is 9. The van der Waals surface area contributed by atoms with Crippen LogP contribution in [-0.2, 0) is 11.3 Å². The molecule has 4 nitrogen and oxygen atoms in total. The van der Waals surface area contributed by atoms with Crippen molar-refractivity contribution in [3.05, 3.63) is 30.1 Å². The molecule has 0 spiro atoms. The Hall–Kier alpha value is -1.42. The summed E-state index contributed by atoms with van der Waals surface area (Å²) in [4.78, 5) is 19.1. The topological polar surface area (TPSA) is 45.2 Å². The Labute approximate surface area is 172 Å². The predicted molar refractivity (Wildman–Crippen MR) is 117 cm³/mol. The van der Waals surface area contributed by atoms with E-state index in [2.05, 4.69) is 28.2 Å². The van der Waals surface area contributed by atoms with Crippen molar-refractivity contribution in [2.75, 3.05) is 19.6 Å². The van der Waals surface area contributed by atoms with E-state index in [0.717, 1.165) is 45.4 Å². The number of aromatic nitrogens is 1. The van der Waals surface area contributed by atoms with Gasteiger partial charge in [-0.05, 0) is 37.4 Å². The number of nitrogens with one attached hydrogen (secondary N) is 1. The van der Waals surface area contributed by atoms with E-state index in [-0.39, 0.29) is 11.8 Å². The minimum absolute atomic E-state index is 0.147. The van der Waals surface area contributed by atoms with Gasteiger partial charge in [0.05, 0.1) is 5.92 Å². The summed E-state index contributed by atoms with van der Waals surface area (Å²) in [5.74, 6) is 0.403. The number of hydrogen-bond donors (Lipinski definition) is 1. The second kappa shape index (κ2) is 14.6. The minimum Gasteiger partial charge on any atom is -0.356 e. The number of carbonyl (C=O) groups is 1. The lowest BCUT2D eigenvalue weighted by Crippen LogP contribution is -2.42. The third-order valence-corrected chi connectivity index (χ3v) is 5.83. The summed E-state index contributed by atoms with van der Waals surface area (Å²) >= 11 is 0. The number of nitrogens with zero attached hydrogens (tertiary/aromatic N) is 2. The molecule has 0 aliphatic carbocycles. The molecule has 0 saturated carbocycles. The van der Waals surface area contributed by atoms with E-state index >= 15 is 0 Å². The standard InChI is InChI=1S/C24H41N3O/c1-2-3-4-5-6-7-8-9-10-11-17-26-24(28)23-15-13-18-27(21-23)20-22-14-12-16-25-19-22/h12,14,16,19,23H,2-11,13,15,17-18,20-21H2,1H3,(H,26,28). The molecule has 0 bridgehead atoms. The van der Waals surface area contributed by atoms with E-state index < -0.39 is 0 Å². The fourth-order valence-corrected chi connectivity index (χ4v) is 4.13. The number of amides is 1. The van der Waals surface area contributed by atoms with Gasteiger partial charge in [0, 0.05) is 32.0 Å². The van der Waals surface area contributed by atoms with E-state index in [9.17, 15) is 4.79 Å². The van der Waals surface area contributed by atoms with Crippen molar-refractivity contribution in [1.82, 2.24) is 15.2 Å². The second-order valence-electron chi connectivity index (χ2n) is 8.41. The summed E-state index contributed by atoms with van der Waals surface area (Å²) in [5.41, 5.74) is 1.23. The zero-order valence-electron chi connectivity index (χ0n) is 18.0. The maximum atomic E-state index is 12.5. The van der Waals surface area contributed by atoms with Crippen molar-refractivity contribution in [2.24, 2.45) is 5.92 Å². The average molecular weight is 388 g/mol. The molecule has 2 heterocycles. The molecule has 1 N–H and O–H groups in total. The van der Waals surface area contributed by atoms with Gasteiger partial charge in [0.2, 0.25) is 5.91 Å². The van der Waals surface area contributed by atoms with Crippen LogP contribution in [0.25, 0.3) is 0 Å². The Bertz CT molecular complexity index is 520. The van der Waals surface area contributed by atoms with E-state index in [1.165, 1.54) is 63.4 Å². The highest BCUT2D eigenvalue weighted by Gasteiger charge is 2.25. The number of carbonyl (C=O) groups excluding carboxylic acids is 1. The third-order valence-electron chi connectivity index (χ3n) is 5.83. The molecule has 1 aromatic rings. The van der Waals surface area contributed by atoms with Crippen LogP contribution in [0.1, 0.15) is 89.5 Å². The molecule has 0 radical (unpaired) electrons.